The summed E-state index contributed by atoms with van der Waals surface area (Å²) in [6.45, 7) is 43.0. The van der Waals surface area contributed by atoms with Gasteiger partial charge in [-0.15, -0.1) is 0 Å². The van der Waals surface area contributed by atoms with E-state index in [0.29, 0.717) is 0 Å². The molecule has 0 radical (unpaired) electrons. The standard InChI is InChI=1S/C68H73BN4/c1-63(2,3)40-34-45(67(13,14)15)54-50(36-40)72-52-32-39(62-70-49-27-23-22-26-42(49)59(71-62)38-24-20-19-21-25-38)33-53-58(52)69(47-30-28-43(65(7,8)9)56(54)60(47)72)48-31-29-44(66(10,11)12)57-55-46(68(16,17)18)35-41(64(4,5)6)37-51(55)73(53)61(48)57/h19-37H,1-18H3. The molecule has 368 valence electrons. The molecule has 0 N–H and O–H groups in total. The first kappa shape index (κ1) is 47.5. The van der Waals surface area contributed by atoms with Crippen LogP contribution in [0.1, 0.15) is 158 Å². The van der Waals surface area contributed by atoms with E-state index in [2.05, 4.69) is 249 Å². The zero-order valence-electron chi connectivity index (χ0n) is 46.8. The highest BCUT2D eigenvalue weighted by atomic mass is 15.0. The molecule has 0 spiro atoms. The van der Waals surface area contributed by atoms with Gasteiger partial charge in [-0.2, -0.15) is 0 Å². The fourth-order valence-corrected chi connectivity index (χ4v) is 12.8. The molecule has 0 fully saturated rings. The Bertz CT molecular complexity index is 3810. The van der Waals surface area contributed by atoms with Gasteiger partial charge in [-0.25, -0.2) is 9.97 Å². The van der Waals surface area contributed by atoms with Crippen molar-refractivity contribution in [2.24, 2.45) is 0 Å². The van der Waals surface area contributed by atoms with E-state index in [-0.39, 0.29) is 39.2 Å². The molecule has 5 heteroatoms. The van der Waals surface area contributed by atoms with Crippen LogP contribution in [-0.2, 0) is 32.5 Å². The highest BCUT2D eigenvalue weighted by molar-refractivity contribution is 7.00. The largest absolute Gasteiger partial charge is 0.310 e. The zero-order chi connectivity index (χ0) is 52.0. The summed E-state index contributed by atoms with van der Waals surface area (Å²) in [6, 6.07) is 44.3. The zero-order valence-corrected chi connectivity index (χ0v) is 46.8. The minimum Gasteiger partial charge on any atom is -0.310 e. The third-order valence-corrected chi connectivity index (χ3v) is 16.5. The summed E-state index contributed by atoms with van der Waals surface area (Å²) in [5.41, 5.74) is 23.3. The van der Waals surface area contributed by atoms with Gasteiger partial charge in [0.25, 0.3) is 6.71 Å². The maximum atomic E-state index is 5.64. The maximum Gasteiger partial charge on any atom is 0.252 e. The predicted molar refractivity (Wildman–Crippen MR) is 316 cm³/mol. The second kappa shape index (κ2) is 15.1. The third kappa shape index (κ3) is 6.99. The lowest BCUT2D eigenvalue weighted by Crippen LogP contribution is -2.59. The lowest BCUT2D eigenvalue weighted by Gasteiger charge is -2.35. The van der Waals surface area contributed by atoms with Gasteiger partial charge in [-0.05, 0) is 113 Å². The van der Waals surface area contributed by atoms with E-state index in [0.717, 1.165) is 33.5 Å². The SMILES string of the molecule is CC(C)(C)c1cc(C(C)(C)C)c2c3c(C(C)(C)C)ccc4c3n(c2c1)-c1cc(-c2nc(-c3ccccc3)c3ccccc3n2)cc2c1B4c1ccc(C(C)(C)C)c3c4c(C(C)(C)C)cc(C(C)(C)C)cc4n-2c13. The van der Waals surface area contributed by atoms with Crippen molar-refractivity contribution >= 4 is 77.6 Å². The van der Waals surface area contributed by atoms with Gasteiger partial charge in [-0.3, -0.25) is 0 Å². The Morgan fingerprint density at radius 2 is 0.822 bits per heavy atom. The van der Waals surface area contributed by atoms with E-state index >= 15 is 0 Å². The highest BCUT2D eigenvalue weighted by Gasteiger charge is 2.44. The molecular formula is C68H73BN4. The van der Waals surface area contributed by atoms with Crippen LogP contribution in [0.3, 0.4) is 0 Å². The molecule has 0 aliphatic carbocycles. The first-order chi connectivity index (χ1) is 34.0. The maximum absolute atomic E-state index is 5.64. The molecule has 5 heterocycles. The molecule has 2 aliphatic heterocycles. The summed E-state index contributed by atoms with van der Waals surface area (Å²) in [7, 11) is 0. The molecule has 73 heavy (non-hydrogen) atoms. The number of nitrogens with zero attached hydrogens (tertiary/aromatic N) is 4. The summed E-state index contributed by atoms with van der Waals surface area (Å²) in [5, 5.41) is 6.56. The number of fused-ring (bicyclic) bond motifs is 11. The average molecular weight is 957 g/mol. The number of aromatic nitrogens is 4. The number of benzene rings is 7. The number of hydrogen-bond donors (Lipinski definition) is 0. The van der Waals surface area contributed by atoms with Crippen LogP contribution in [0.2, 0.25) is 0 Å². The quantitative estimate of drug-likeness (QED) is 0.162. The van der Waals surface area contributed by atoms with Crippen LogP contribution >= 0.6 is 0 Å². The molecule has 0 saturated carbocycles. The summed E-state index contributed by atoms with van der Waals surface area (Å²) in [4.78, 5) is 11.2. The molecule has 12 rings (SSSR count). The van der Waals surface area contributed by atoms with E-state index < -0.39 is 0 Å². The monoisotopic (exact) mass is 957 g/mol. The van der Waals surface area contributed by atoms with Gasteiger partial charge in [0, 0.05) is 60.5 Å². The van der Waals surface area contributed by atoms with Gasteiger partial charge in [0.05, 0.1) is 22.2 Å². The molecular weight excluding hydrogens is 884 g/mol. The fourth-order valence-electron chi connectivity index (χ4n) is 12.8. The normalized spacial score (nSPS) is 14.1. The van der Waals surface area contributed by atoms with E-state index in [9.17, 15) is 0 Å². The van der Waals surface area contributed by atoms with E-state index in [1.54, 1.807) is 0 Å². The Balaban J connectivity index is 1.36. The van der Waals surface area contributed by atoms with Gasteiger partial charge in [0.15, 0.2) is 5.82 Å². The number of hydrogen-bond acceptors (Lipinski definition) is 2. The van der Waals surface area contributed by atoms with Gasteiger partial charge < -0.3 is 9.13 Å². The lowest BCUT2D eigenvalue weighted by molar-refractivity contribution is 0.572. The van der Waals surface area contributed by atoms with E-state index in [4.69, 9.17) is 9.97 Å². The van der Waals surface area contributed by atoms with Crippen LogP contribution in [0.5, 0.6) is 0 Å². The van der Waals surface area contributed by atoms with Crippen molar-refractivity contribution in [1.82, 2.24) is 19.1 Å². The minimum absolute atomic E-state index is 0.0292. The Kier molecular flexibility index (Phi) is 9.82. The van der Waals surface area contributed by atoms with Crippen LogP contribution in [0.4, 0.5) is 0 Å². The topological polar surface area (TPSA) is 35.6 Å². The first-order valence-corrected chi connectivity index (χ1v) is 26.9. The average Bonchev–Trinajstić information content (AvgIpc) is 3.83. The molecule has 0 saturated heterocycles. The van der Waals surface area contributed by atoms with Crippen molar-refractivity contribution in [2.45, 2.75) is 157 Å². The van der Waals surface area contributed by atoms with E-state index in [1.807, 2.05) is 0 Å². The van der Waals surface area contributed by atoms with Crippen molar-refractivity contribution < 1.29 is 0 Å². The van der Waals surface area contributed by atoms with Crippen LogP contribution in [0, 0.1) is 0 Å². The van der Waals surface area contributed by atoms with Crippen molar-refractivity contribution in [2.75, 3.05) is 0 Å². The molecule has 0 bridgehead atoms. The van der Waals surface area contributed by atoms with Gasteiger partial charge >= 0.3 is 0 Å². The Morgan fingerprint density at radius 3 is 1.26 bits per heavy atom. The summed E-state index contributed by atoms with van der Waals surface area (Å²) < 4.78 is 5.41. The van der Waals surface area contributed by atoms with Gasteiger partial charge in [0.1, 0.15) is 0 Å². The summed E-state index contributed by atoms with van der Waals surface area (Å²) in [6.07, 6.45) is 0. The van der Waals surface area contributed by atoms with Crippen LogP contribution in [-0.4, -0.2) is 25.8 Å². The molecule has 0 amide bonds. The number of para-hydroxylation sites is 1. The minimum atomic E-state index is -0.129. The molecule has 0 atom stereocenters. The van der Waals surface area contributed by atoms with Gasteiger partial charge in [-0.1, -0.05) is 210 Å². The third-order valence-electron chi connectivity index (χ3n) is 16.5. The first-order valence-electron chi connectivity index (χ1n) is 26.9. The second-order valence-corrected chi connectivity index (χ2v) is 28.0. The number of rotatable bonds is 2. The van der Waals surface area contributed by atoms with Crippen molar-refractivity contribution in [3.63, 3.8) is 0 Å². The van der Waals surface area contributed by atoms with Crippen molar-refractivity contribution in [3.05, 3.63) is 149 Å². The molecule has 2 aliphatic rings. The summed E-state index contributed by atoms with van der Waals surface area (Å²) >= 11 is 0. The van der Waals surface area contributed by atoms with E-state index in [1.165, 1.54) is 105 Å². The fraction of sp³-hybridized carbons (Fsp3) is 0.353. The Labute approximate surface area is 434 Å². The predicted octanol–water partition coefficient (Wildman–Crippen LogP) is 16.1. The summed E-state index contributed by atoms with van der Waals surface area (Å²) in [5.74, 6) is 0.730. The second-order valence-electron chi connectivity index (χ2n) is 28.0. The van der Waals surface area contributed by atoms with Crippen LogP contribution in [0.25, 0.3) is 88.5 Å². The lowest BCUT2D eigenvalue weighted by atomic mass is 9.34. The van der Waals surface area contributed by atoms with Crippen LogP contribution in [0.15, 0.2) is 115 Å². The molecule has 10 aromatic rings. The molecule has 4 nitrogen and oxygen atoms in total. The molecule has 7 aromatic carbocycles. The molecule has 0 unspecified atom stereocenters. The molecule has 3 aromatic heterocycles. The smallest absolute Gasteiger partial charge is 0.252 e. The Morgan fingerprint density at radius 1 is 0.384 bits per heavy atom. The highest BCUT2D eigenvalue weighted by Crippen LogP contribution is 2.50. The van der Waals surface area contributed by atoms with Crippen molar-refractivity contribution in [1.29, 1.82) is 0 Å². The van der Waals surface area contributed by atoms with Crippen molar-refractivity contribution in [3.8, 4) is 34.0 Å². The van der Waals surface area contributed by atoms with Gasteiger partial charge in [0.2, 0.25) is 0 Å². The Hall–Kier alpha value is -6.46. The van der Waals surface area contributed by atoms with Crippen LogP contribution < -0.4 is 16.4 Å².